The number of rotatable bonds is 5. The van der Waals surface area contributed by atoms with E-state index in [1.54, 1.807) is 5.38 Å². The number of carbonyl (C=O) groups excluding carboxylic acids is 1. The van der Waals surface area contributed by atoms with Gasteiger partial charge in [0, 0.05) is 23.9 Å². The Hall–Kier alpha value is -2.47. The van der Waals surface area contributed by atoms with Crippen molar-refractivity contribution in [3.8, 4) is 0 Å². The lowest BCUT2D eigenvalue weighted by molar-refractivity contribution is -0.182. The molecule has 1 aliphatic rings. The van der Waals surface area contributed by atoms with E-state index in [2.05, 4.69) is 25.6 Å². The van der Waals surface area contributed by atoms with Crippen molar-refractivity contribution in [3.63, 3.8) is 0 Å². The number of hydrogen-bond acceptors (Lipinski definition) is 6. The summed E-state index contributed by atoms with van der Waals surface area (Å²) in [6.45, 7) is 0.102. The fraction of sp³-hybridized carbons (Fsp3) is 0.529. The number of aromatic nitrogens is 3. The number of carbonyl (C=O) groups is 1. The molecule has 0 saturated heterocycles. The monoisotopic (exact) mass is 430 g/mol. The molecule has 29 heavy (non-hydrogen) atoms. The highest BCUT2D eigenvalue weighted by molar-refractivity contribution is 7.13. The summed E-state index contributed by atoms with van der Waals surface area (Å²) in [5, 5.41) is 7.25. The molecule has 0 bridgehead atoms. The first-order valence-electron chi connectivity index (χ1n) is 9.10. The van der Waals surface area contributed by atoms with E-state index < -0.39 is 18.1 Å². The van der Waals surface area contributed by atoms with E-state index >= 15 is 0 Å². The Kier molecular flexibility index (Phi) is 6.52. The van der Waals surface area contributed by atoms with Gasteiger partial charge in [-0.05, 0) is 25.7 Å². The third-order valence-electron chi connectivity index (χ3n) is 4.82. The molecule has 1 fully saturated rings. The van der Waals surface area contributed by atoms with E-state index in [0.717, 1.165) is 0 Å². The molecule has 0 spiro atoms. The highest BCUT2D eigenvalue weighted by atomic mass is 32.1. The lowest BCUT2D eigenvalue weighted by Crippen LogP contribution is -2.30. The summed E-state index contributed by atoms with van der Waals surface area (Å²) in [6, 6.07) is 0.746. The minimum atomic E-state index is -4.14. The second kappa shape index (κ2) is 8.91. The van der Waals surface area contributed by atoms with Crippen LogP contribution in [0.3, 0.4) is 0 Å². The summed E-state index contributed by atoms with van der Waals surface area (Å²) in [5.41, 5.74) is 6.22. The normalized spacial score (nSPS) is 19.7. The van der Waals surface area contributed by atoms with E-state index in [9.17, 15) is 22.8 Å². The van der Waals surface area contributed by atoms with Crippen LogP contribution in [0.4, 0.5) is 23.1 Å². The lowest BCUT2D eigenvalue weighted by atomic mass is 9.80. The van der Waals surface area contributed by atoms with E-state index in [0.29, 0.717) is 29.4 Å². The number of amides is 2. The number of halogens is 3. The molecule has 12 heteroatoms. The Morgan fingerprint density at radius 2 is 2.00 bits per heavy atom. The quantitative estimate of drug-likeness (QED) is 0.580. The number of urea groups is 1. The first-order valence-corrected chi connectivity index (χ1v) is 9.98. The number of H-pyrrole nitrogens is 1. The van der Waals surface area contributed by atoms with Gasteiger partial charge in [0.05, 0.1) is 23.9 Å². The van der Waals surface area contributed by atoms with Crippen molar-refractivity contribution in [3.05, 3.63) is 39.0 Å². The average Bonchev–Trinajstić information content (AvgIpc) is 3.14. The van der Waals surface area contributed by atoms with Crippen LogP contribution in [0.25, 0.3) is 0 Å². The van der Waals surface area contributed by atoms with Crippen LogP contribution < -0.4 is 21.9 Å². The molecule has 158 valence electrons. The summed E-state index contributed by atoms with van der Waals surface area (Å²) < 4.78 is 38.3. The molecule has 3 rings (SSSR count). The molecule has 1 saturated carbocycles. The van der Waals surface area contributed by atoms with Crippen LogP contribution in [0.2, 0.25) is 0 Å². The van der Waals surface area contributed by atoms with Gasteiger partial charge >= 0.3 is 12.2 Å². The van der Waals surface area contributed by atoms with Gasteiger partial charge in [0.25, 0.3) is 5.56 Å². The highest BCUT2D eigenvalue weighted by Gasteiger charge is 2.41. The van der Waals surface area contributed by atoms with E-state index in [4.69, 9.17) is 5.73 Å². The third kappa shape index (κ3) is 5.76. The van der Waals surface area contributed by atoms with Gasteiger partial charge in [-0.25, -0.2) is 14.8 Å². The Morgan fingerprint density at radius 1 is 1.28 bits per heavy atom. The third-order valence-corrected chi connectivity index (χ3v) is 5.60. The summed E-state index contributed by atoms with van der Waals surface area (Å²) in [6.07, 6.45) is -3.09. The van der Waals surface area contributed by atoms with Crippen LogP contribution in [0.15, 0.2) is 16.2 Å². The van der Waals surface area contributed by atoms with Gasteiger partial charge in [-0.3, -0.25) is 10.1 Å². The van der Waals surface area contributed by atoms with E-state index in [1.165, 1.54) is 17.4 Å². The van der Waals surface area contributed by atoms with Crippen molar-refractivity contribution >= 4 is 22.5 Å². The van der Waals surface area contributed by atoms with Crippen molar-refractivity contribution in [2.75, 3.05) is 5.32 Å². The molecular formula is C17H21F3N6O2S. The van der Waals surface area contributed by atoms with Gasteiger partial charge in [-0.2, -0.15) is 13.2 Å². The molecule has 0 atom stereocenters. The first kappa shape index (κ1) is 21.2. The number of hydrogen-bond donors (Lipinski definition) is 4. The molecule has 0 unspecified atom stereocenters. The number of aromatic amines is 1. The molecular weight excluding hydrogens is 409 g/mol. The number of nitrogens with one attached hydrogen (secondary N) is 3. The van der Waals surface area contributed by atoms with Gasteiger partial charge in [0.2, 0.25) is 0 Å². The molecule has 0 aliphatic heterocycles. The largest absolute Gasteiger partial charge is 0.391 e. The van der Waals surface area contributed by atoms with Crippen molar-refractivity contribution in [1.29, 1.82) is 0 Å². The predicted octanol–water partition coefficient (Wildman–Crippen LogP) is 2.84. The number of anilines is 1. The zero-order valence-corrected chi connectivity index (χ0v) is 16.2. The minimum absolute atomic E-state index is 0.00536. The van der Waals surface area contributed by atoms with Crippen LogP contribution in [0, 0.1) is 5.92 Å². The number of alkyl halides is 3. The lowest BCUT2D eigenvalue weighted by Gasteiger charge is -2.28. The van der Waals surface area contributed by atoms with Gasteiger partial charge in [0.15, 0.2) is 5.13 Å². The average molecular weight is 430 g/mol. The Bertz CT molecular complexity index is 905. The maximum atomic E-state index is 12.8. The van der Waals surface area contributed by atoms with Crippen LogP contribution >= 0.6 is 11.3 Å². The Balaban J connectivity index is 1.51. The summed E-state index contributed by atoms with van der Waals surface area (Å²) in [4.78, 5) is 34.5. The molecule has 5 N–H and O–H groups in total. The van der Waals surface area contributed by atoms with Crippen LogP contribution in [0.5, 0.6) is 0 Å². The second-order valence-corrected chi connectivity index (χ2v) is 7.72. The molecule has 0 radical (unpaired) electrons. The standard InChI is InChI=1S/C17H21F3N6O2S/c18-17(19,20)10-3-1-9(2-4-10)12-8-29-16(24-12)26-15(28)22-7-13-23-11(6-21)5-14(27)25-13/h5,8-10H,1-4,6-7,21H2,(H,23,25,27)(H2,22,24,26,28). The zero-order chi connectivity index (χ0) is 21.0. The number of nitrogens with two attached hydrogens (primary N) is 1. The van der Waals surface area contributed by atoms with Crippen molar-refractivity contribution in [1.82, 2.24) is 20.3 Å². The summed E-state index contributed by atoms with van der Waals surface area (Å²) >= 11 is 1.21. The summed E-state index contributed by atoms with van der Waals surface area (Å²) in [7, 11) is 0. The Labute approximate surface area is 168 Å². The van der Waals surface area contributed by atoms with E-state index in [1.807, 2.05) is 0 Å². The molecule has 2 aromatic rings. The molecule has 2 aromatic heterocycles. The maximum Gasteiger partial charge on any atom is 0.391 e. The van der Waals surface area contributed by atoms with Crippen LogP contribution in [0.1, 0.15) is 48.8 Å². The smallest absolute Gasteiger partial charge is 0.331 e. The fourth-order valence-electron chi connectivity index (χ4n) is 3.30. The van der Waals surface area contributed by atoms with Crippen LogP contribution in [-0.4, -0.2) is 27.2 Å². The van der Waals surface area contributed by atoms with Crippen molar-refractivity contribution in [2.24, 2.45) is 11.7 Å². The molecule has 2 heterocycles. The van der Waals surface area contributed by atoms with E-state index in [-0.39, 0.29) is 43.2 Å². The topological polar surface area (TPSA) is 126 Å². The number of thiazole rings is 1. The first-order chi connectivity index (χ1) is 13.7. The summed E-state index contributed by atoms with van der Waals surface area (Å²) in [5.74, 6) is -0.996. The van der Waals surface area contributed by atoms with Gasteiger partial charge < -0.3 is 16.0 Å². The molecule has 8 nitrogen and oxygen atoms in total. The van der Waals surface area contributed by atoms with Gasteiger partial charge in [-0.15, -0.1) is 11.3 Å². The van der Waals surface area contributed by atoms with Gasteiger partial charge in [-0.1, -0.05) is 0 Å². The maximum absolute atomic E-state index is 12.8. The SMILES string of the molecule is NCc1cc(=O)[nH]c(CNC(=O)Nc2nc(C3CCC(C(F)(F)F)CC3)cs2)n1. The Morgan fingerprint density at radius 3 is 2.66 bits per heavy atom. The minimum Gasteiger partial charge on any atom is -0.331 e. The number of nitrogens with zero attached hydrogens (tertiary/aromatic N) is 2. The highest BCUT2D eigenvalue weighted by Crippen LogP contribution is 2.43. The predicted molar refractivity (Wildman–Crippen MR) is 101 cm³/mol. The molecule has 0 aromatic carbocycles. The van der Waals surface area contributed by atoms with Crippen molar-refractivity contribution < 1.29 is 18.0 Å². The zero-order valence-electron chi connectivity index (χ0n) is 15.4. The second-order valence-electron chi connectivity index (χ2n) is 6.86. The molecule has 1 aliphatic carbocycles. The molecule has 2 amide bonds. The van der Waals surface area contributed by atoms with Gasteiger partial charge in [0.1, 0.15) is 5.82 Å². The van der Waals surface area contributed by atoms with Crippen molar-refractivity contribution in [2.45, 2.75) is 50.9 Å². The fourth-order valence-corrected chi connectivity index (χ4v) is 4.09. The van der Waals surface area contributed by atoms with Crippen LogP contribution in [-0.2, 0) is 13.1 Å².